The molecule has 0 radical (unpaired) electrons. The van der Waals surface area contributed by atoms with Gasteiger partial charge in [0.05, 0.1) is 10.9 Å². The number of carbonyl (C=O) groups is 1. The molecule has 0 spiro atoms. The smallest absolute Gasteiger partial charge is 0.344 e. The molecule has 31 heavy (non-hydrogen) atoms. The van der Waals surface area contributed by atoms with Gasteiger partial charge in [-0.05, 0) is 49.1 Å². The summed E-state index contributed by atoms with van der Waals surface area (Å²) in [6, 6.07) is 14.5. The summed E-state index contributed by atoms with van der Waals surface area (Å²) in [5.41, 5.74) is 1.59. The van der Waals surface area contributed by atoms with Crippen molar-refractivity contribution in [1.29, 1.82) is 0 Å². The summed E-state index contributed by atoms with van der Waals surface area (Å²) in [5, 5.41) is 13.6. The van der Waals surface area contributed by atoms with E-state index in [1.807, 2.05) is 24.3 Å². The number of carboxylic acid groups (broad SMARTS) is 1. The lowest BCUT2D eigenvalue weighted by atomic mass is 10.1. The van der Waals surface area contributed by atoms with E-state index < -0.39 is 12.1 Å². The number of aryl methyl sites for hydroxylation is 1. The van der Waals surface area contributed by atoms with Crippen LogP contribution in [0.4, 0.5) is 0 Å². The van der Waals surface area contributed by atoms with Crippen molar-refractivity contribution in [3.8, 4) is 5.75 Å². The first-order valence-electron chi connectivity index (χ1n) is 10.1. The van der Waals surface area contributed by atoms with Gasteiger partial charge in [-0.1, -0.05) is 36.3 Å². The number of ether oxygens (including phenoxy) is 1. The number of fused-ring (bicyclic) bond motifs is 1. The van der Waals surface area contributed by atoms with Gasteiger partial charge < -0.3 is 14.7 Å². The molecule has 1 heterocycles. The minimum Gasteiger partial charge on any atom is -0.479 e. The van der Waals surface area contributed by atoms with Gasteiger partial charge in [-0.15, -0.1) is 0 Å². The Morgan fingerprint density at radius 1 is 1.23 bits per heavy atom. The molecule has 0 saturated heterocycles. The van der Waals surface area contributed by atoms with Gasteiger partial charge in [-0.25, -0.2) is 9.78 Å². The van der Waals surface area contributed by atoms with E-state index in [2.05, 4.69) is 10.1 Å². The lowest BCUT2D eigenvalue weighted by Crippen LogP contribution is -2.25. The molecule has 8 heteroatoms. The summed E-state index contributed by atoms with van der Waals surface area (Å²) in [6.07, 6.45) is 2.64. The highest BCUT2D eigenvalue weighted by molar-refractivity contribution is 5.77. The summed E-state index contributed by atoms with van der Waals surface area (Å²) in [7, 11) is 1.66. The highest BCUT2D eigenvalue weighted by atomic mass is 16.6. The molecule has 2 aromatic carbocycles. The van der Waals surface area contributed by atoms with Crippen LogP contribution in [0, 0.1) is 0 Å². The number of oxime groups is 1. The van der Waals surface area contributed by atoms with E-state index in [1.54, 1.807) is 44.5 Å². The van der Waals surface area contributed by atoms with Crippen LogP contribution in [0.3, 0.4) is 0 Å². The molecule has 162 valence electrons. The zero-order chi connectivity index (χ0) is 22.2. The van der Waals surface area contributed by atoms with E-state index in [1.165, 1.54) is 4.57 Å². The van der Waals surface area contributed by atoms with E-state index in [4.69, 9.17) is 14.7 Å². The molecule has 0 amide bonds. The number of benzene rings is 2. The highest BCUT2D eigenvalue weighted by Gasteiger charge is 2.16. The van der Waals surface area contributed by atoms with Crippen molar-refractivity contribution in [3.05, 3.63) is 70.3 Å². The fourth-order valence-corrected chi connectivity index (χ4v) is 3.03. The molecule has 3 aromatic rings. The third-order valence-electron chi connectivity index (χ3n) is 4.83. The van der Waals surface area contributed by atoms with E-state index in [0.29, 0.717) is 35.3 Å². The topological polar surface area (TPSA) is 103 Å². The number of aliphatic carboxylic acids is 1. The predicted octanol–water partition coefficient (Wildman–Crippen LogP) is 3.31. The maximum absolute atomic E-state index is 12.4. The molecule has 0 aliphatic heterocycles. The lowest BCUT2D eigenvalue weighted by molar-refractivity contribution is -0.145. The van der Waals surface area contributed by atoms with Crippen molar-refractivity contribution in [2.45, 2.75) is 38.9 Å². The first kappa shape index (κ1) is 22.0. The molecule has 1 aromatic heterocycles. The summed E-state index contributed by atoms with van der Waals surface area (Å²) in [6.45, 7) is 1.87. The van der Waals surface area contributed by atoms with Gasteiger partial charge in [0.25, 0.3) is 5.56 Å². The van der Waals surface area contributed by atoms with Crippen LogP contribution in [-0.4, -0.2) is 32.9 Å². The molecule has 1 N–H and O–H groups in total. The van der Waals surface area contributed by atoms with Gasteiger partial charge in [-0.3, -0.25) is 9.36 Å². The van der Waals surface area contributed by atoms with E-state index in [-0.39, 0.29) is 12.2 Å². The van der Waals surface area contributed by atoms with Gasteiger partial charge in [0.1, 0.15) is 5.75 Å². The highest BCUT2D eigenvalue weighted by Crippen LogP contribution is 2.16. The van der Waals surface area contributed by atoms with Gasteiger partial charge >= 0.3 is 5.97 Å². The Morgan fingerprint density at radius 3 is 2.68 bits per heavy atom. The second-order valence-corrected chi connectivity index (χ2v) is 7.01. The lowest BCUT2D eigenvalue weighted by Gasteiger charge is -2.13. The Kier molecular flexibility index (Phi) is 7.37. The number of para-hydroxylation sites is 1. The largest absolute Gasteiger partial charge is 0.479 e. The third kappa shape index (κ3) is 5.69. The Bertz CT molecular complexity index is 1120. The predicted molar refractivity (Wildman–Crippen MR) is 117 cm³/mol. The molecule has 1 unspecified atom stereocenters. The van der Waals surface area contributed by atoms with Crippen molar-refractivity contribution in [3.63, 3.8) is 0 Å². The third-order valence-corrected chi connectivity index (χ3v) is 4.83. The molecule has 0 fully saturated rings. The maximum atomic E-state index is 12.4. The quantitative estimate of drug-likeness (QED) is 0.396. The first-order valence-corrected chi connectivity index (χ1v) is 10.1. The fraction of sp³-hybridized carbons (Fsp3) is 0.304. The van der Waals surface area contributed by atoms with E-state index in [0.717, 1.165) is 12.0 Å². The molecule has 3 rings (SSSR count). The summed E-state index contributed by atoms with van der Waals surface area (Å²) < 4.78 is 6.92. The molecule has 8 nitrogen and oxygen atoms in total. The Morgan fingerprint density at radius 2 is 1.97 bits per heavy atom. The first-order chi connectivity index (χ1) is 15.0. The van der Waals surface area contributed by atoms with Crippen LogP contribution in [0.5, 0.6) is 5.75 Å². The molecule has 0 saturated carbocycles. The van der Waals surface area contributed by atoms with Crippen LogP contribution in [0.1, 0.15) is 31.2 Å². The minimum atomic E-state index is -0.971. The standard InChI is InChI=1S/C23H25N3O5/c1-3-20(23(28)29)31-17-12-10-16(11-13-17)7-6-14-24-30-15-21-25-19-9-5-4-8-18(19)22(27)26(21)2/h4-5,8-14,20H,3,6-7,15H2,1-2H3,(H,28,29). The number of aromatic nitrogens is 2. The molecular weight excluding hydrogens is 398 g/mol. The number of carboxylic acids is 1. The Labute approximate surface area is 179 Å². The number of nitrogens with zero attached hydrogens (tertiary/aromatic N) is 3. The second-order valence-electron chi connectivity index (χ2n) is 7.01. The average molecular weight is 423 g/mol. The van der Waals surface area contributed by atoms with Crippen molar-refractivity contribution in [2.24, 2.45) is 12.2 Å². The second kappa shape index (κ2) is 10.4. The monoisotopic (exact) mass is 423 g/mol. The van der Waals surface area contributed by atoms with Crippen LogP contribution < -0.4 is 10.3 Å². The van der Waals surface area contributed by atoms with Crippen LogP contribution >= 0.6 is 0 Å². The maximum Gasteiger partial charge on any atom is 0.344 e. The Hall–Kier alpha value is -3.68. The number of hydrogen-bond donors (Lipinski definition) is 1. The summed E-state index contributed by atoms with van der Waals surface area (Å²) in [5.74, 6) is 0.0634. The van der Waals surface area contributed by atoms with Gasteiger partial charge in [-0.2, -0.15) is 0 Å². The van der Waals surface area contributed by atoms with Crippen molar-refractivity contribution < 1.29 is 19.5 Å². The molecule has 0 bridgehead atoms. The Balaban J connectivity index is 1.48. The normalized spacial score (nSPS) is 12.2. The van der Waals surface area contributed by atoms with Crippen LogP contribution in [0.2, 0.25) is 0 Å². The van der Waals surface area contributed by atoms with Gasteiger partial charge in [0, 0.05) is 13.3 Å². The zero-order valence-electron chi connectivity index (χ0n) is 17.5. The van der Waals surface area contributed by atoms with E-state index >= 15 is 0 Å². The van der Waals surface area contributed by atoms with Crippen LogP contribution in [-0.2, 0) is 29.7 Å². The van der Waals surface area contributed by atoms with Crippen molar-refractivity contribution in [2.75, 3.05) is 0 Å². The van der Waals surface area contributed by atoms with Gasteiger partial charge in [0.15, 0.2) is 18.5 Å². The van der Waals surface area contributed by atoms with Crippen LogP contribution in [0.25, 0.3) is 10.9 Å². The number of hydrogen-bond acceptors (Lipinski definition) is 6. The van der Waals surface area contributed by atoms with E-state index in [9.17, 15) is 9.59 Å². The molecule has 0 aliphatic carbocycles. The average Bonchev–Trinajstić information content (AvgIpc) is 2.78. The minimum absolute atomic E-state index is 0.0985. The zero-order valence-corrected chi connectivity index (χ0v) is 17.5. The summed E-state index contributed by atoms with van der Waals surface area (Å²) in [4.78, 5) is 33.2. The molecular formula is C23H25N3O5. The number of rotatable bonds is 10. The molecule has 0 aliphatic rings. The fourth-order valence-electron chi connectivity index (χ4n) is 3.03. The van der Waals surface area contributed by atoms with Crippen LogP contribution in [0.15, 0.2) is 58.5 Å². The van der Waals surface area contributed by atoms with Gasteiger partial charge in [0.2, 0.25) is 0 Å². The SMILES string of the molecule is CCC(Oc1ccc(CCC=NOCc2nc3ccccc3c(=O)n2C)cc1)C(=O)O. The molecule has 1 atom stereocenters. The summed E-state index contributed by atoms with van der Waals surface area (Å²) >= 11 is 0. The van der Waals surface area contributed by atoms with Crippen molar-refractivity contribution >= 4 is 23.1 Å². The van der Waals surface area contributed by atoms with Crippen molar-refractivity contribution in [1.82, 2.24) is 9.55 Å².